The summed E-state index contributed by atoms with van der Waals surface area (Å²) in [5.41, 5.74) is 0.469. The number of amides is 1. The Morgan fingerprint density at radius 1 is 1.38 bits per heavy atom. The molecule has 0 aliphatic heterocycles. The third-order valence-corrected chi connectivity index (χ3v) is 2.99. The summed E-state index contributed by atoms with van der Waals surface area (Å²) in [6, 6.07) is 6.78. The van der Waals surface area contributed by atoms with Crippen molar-refractivity contribution in [1.29, 1.82) is 10.5 Å². The summed E-state index contributed by atoms with van der Waals surface area (Å²) in [5.74, 6) is 0.127. The minimum absolute atomic E-state index is 0.0482. The SMILES string of the molecule is CCOc1cc(/C=C(/C#N)C(=O)NC(C)C)cc(Cl)c1OCC#N. The van der Waals surface area contributed by atoms with Gasteiger partial charge in [-0.1, -0.05) is 11.6 Å². The summed E-state index contributed by atoms with van der Waals surface area (Å²) in [4.78, 5) is 12.0. The minimum atomic E-state index is -0.466. The first-order valence-corrected chi connectivity index (χ1v) is 7.69. The highest BCUT2D eigenvalue weighted by Gasteiger charge is 2.14. The second kappa shape index (κ2) is 9.44. The normalized spacial score (nSPS) is 10.7. The van der Waals surface area contributed by atoms with Crippen LogP contribution in [0.1, 0.15) is 26.3 Å². The van der Waals surface area contributed by atoms with Crippen LogP contribution in [-0.2, 0) is 4.79 Å². The summed E-state index contributed by atoms with van der Waals surface area (Å²) in [6.45, 7) is 5.60. The van der Waals surface area contributed by atoms with Gasteiger partial charge in [-0.05, 0) is 44.5 Å². The van der Waals surface area contributed by atoms with Crippen molar-refractivity contribution < 1.29 is 14.3 Å². The standard InChI is InChI=1S/C17H18ClN3O3/c1-4-23-15-9-12(8-14(18)16(15)24-6-5-19)7-13(10-20)17(22)21-11(2)3/h7-9,11H,4,6H2,1-3H3,(H,21,22)/b13-7-. The lowest BCUT2D eigenvalue weighted by molar-refractivity contribution is -0.117. The lowest BCUT2D eigenvalue weighted by Crippen LogP contribution is -2.30. The average Bonchev–Trinajstić information content (AvgIpc) is 2.51. The third-order valence-electron chi connectivity index (χ3n) is 2.71. The summed E-state index contributed by atoms with van der Waals surface area (Å²) in [5, 5.41) is 20.7. The molecule has 24 heavy (non-hydrogen) atoms. The Morgan fingerprint density at radius 3 is 2.62 bits per heavy atom. The molecule has 1 N–H and O–H groups in total. The predicted molar refractivity (Wildman–Crippen MR) is 90.6 cm³/mol. The van der Waals surface area contributed by atoms with E-state index in [0.29, 0.717) is 17.9 Å². The summed E-state index contributed by atoms with van der Waals surface area (Å²) in [7, 11) is 0. The van der Waals surface area contributed by atoms with Gasteiger partial charge in [-0.25, -0.2) is 0 Å². The Balaban J connectivity index is 3.24. The quantitative estimate of drug-likeness (QED) is 0.604. The highest BCUT2D eigenvalue weighted by molar-refractivity contribution is 6.32. The topological polar surface area (TPSA) is 95.1 Å². The average molecular weight is 348 g/mol. The number of carbonyl (C=O) groups excluding carboxylic acids is 1. The molecule has 6 nitrogen and oxygen atoms in total. The Kier molecular flexibility index (Phi) is 7.61. The molecule has 1 amide bonds. The second-order valence-corrected chi connectivity index (χ2v) is 5.41. The second-order valence-electron chi connectivity index (χ2n) is 5.01. The molecule has 126 valence electrons. The molecule has 0 atom stereocenters. The maximum absolute atomic E-state index is 12.0. The molecule has 7 heteroatoms. The van der Waals surface area contributed by atoms with Gasteiger partial charge in [-0.3, -0.25) is 4.79 Å². The number of hydrogen-bond acceptors (Lipinski definition) is 5. The van der Waals surface area contributed by atoms with E-state index in [4.69, 9.17) is 26.3 Å². The first-order valence-electron chi connectivity index (χ1n) is 7.31. The van der Waals surface area contributed by atoms with Crippen LogP contribution in [0.4, 0.5) is 0 Å². The summed E-state index contributed by atoms with van der Waals surface area (Å²) in [6.07, 6.45) is 1.42. The van der Waals surface area contributed by atoms with E-state index in [1.165, 1.54) is 12.1 Å². The van der Waals surface area contributed by atoms with Crippen molar-refractivity contribution in [2.45, 2.75) is 26.8 Å². The zero-order valence-corrected chi connectivity index (χ0v) is 14.5. The molecule has 1 rings (SSSR count). The zero-order valence-electron chi connectivity index (χ0n) is 13.7. The fourth-order valence-electron chi connectivity index (χ4n) is 1.83. The van der Waals surface area contributed by atoms with Crippen LogP contribution in [0, 0.1) is 22.7 Å². The molecule has 0 saturated carbocycles. The molecule has 0 bridgehead atoms. The van der Waals surface area contributed by atoms with E-state index in [-0.39, 0.29) is 29.0 Å². The number of nitrogens with one attached hydrogen (secondary N) is 1. The van der Waals surface area contributed by atoms with E-state index in [2.05, 4.69) is 5.32 Å². The maximum Gasteiger partial charge on any atom is 0.262 e. The van der Waals surface area contributed by atoms with Crippen molar-refractivity contribution >= 4 is 23.6 Å². The van der Waals surface area contributed by atoms with Crippen molar-refractivity contribution in [3.63, 3.8) is 0 Å². The van der Waals surface area contributed by atoms with Crippen molar-refractivity contribution in [3.8, 4) is 23.6 Å². The number of benzene rings is 1. The summed E-state index contributed by atoms with van der Waals surface area (Å²) >= 11 is 6.17. The van der Waals surface area contributed by atoms with Gasteiger partial charge in [0.2, 0.25) is 0 Å². The molecule has 0 aliphatic carbocycles. The third kappa shape index (κ3) is 5.49. The molecule has 0 aliphatic rings. The first-order chi connectivity index (χ1) is 11.4. The largest absolute Gasteiger partial charge is 0.490 e. The van der Waals surface area contributed by atoms with Crippen LogP contribution in [0.5, 0.6) is 11.5 Å². The van der Waals surface area contributed by atoms with Crippen LogP contribution in [0.3, 0.4) is 0 Å². The van der Waals surface area contributed by atoms with Crippen LogP contribution in [-0.4, -0.2) is 25.2 Å². The number of nitrogens with zero attached hydrogens (tertiary/aromatic N) is 2. The smallest absolute Gasteiger partial charge is 0.262 e. The lowest BCUT2D eigenvalue weighted by atomic mass is 10.1. The fraction of sp³-hybridized carbons (Fsp3) is 0.353. The maximum atomic E-state index is 12.0. The molecule has 0 unspecified atom stereocenters. The number of rotatable bonds is 7. The molecular weight excluding hydrogens is 330 g/mol. The number of carbonyl (C=O) groups is 1. The van der Waals surface area contributed by atoms with Crippen LogP contribution in [0.25, 0.3) is 6.08 Å². The van der Waals surface area contributed by atoms with E-state index in [1.807, 2.05) is 12.1 Å². The van der Waals surface area contributed by atoms with Gasteiger partial charge in [0, 0.05) is 6.04 Å². The van der Waals surface area contributed by atoms with Crippen LogP contribution >= 0.6 is 11.6 Å². The van der Waals surface area contributed by atoms with Gasteiger partial charge in [0.1, 0.15) is 17.7 Å². The van der Waals surface area contributed by atoms with Crippen molar-refractivity contribution in [2.75, 3.05) is 13.2 Å². The Hall–Kier alpha value is -2.70. The van der Waals surface area contributed by atoms with E-state index < -0.39 is 5.91 Å². The van der Waals surface area contributed by atoms with E-state index in [9.17, 15) is 10.1 Å². The number of halogens is 1. The van der Waals surface area contributed by atoms with E-state index in [0.717, 1.165) is 0 Å². The molecule has 0 heterocycles. The highest BCUT2D eigenvalue weighted by Crippen LogP contribution is 2.37. The van der Waals surface area contributed by atoms with Gasteiger partial charge in [0.05, 0.1) is 11.6 Å². The summed E-state index contributed by atoms with van der Waals surface area (Å²) < 4.78 is 10.7. The molecule has 0 aromatic heterocycles. The van der Waals surface area contributed by atoms with Gasteiger partial charge < -0.3 is 14.8 Å². The number of hydrogen-bond donors (Lipinski definition) is 1. The number of ether oxygens (including phenoxy) is 2. The van der Waals surface area contributed by atoms with Crippen LogP contribution < -0.4 is 14.8 Å². The van der Waals surface area contributed by atoms with Gasteiger partial charge in [0.15, 0.2) is 18.1 Å². The molecule has 0 spiro atoms. The van der Waals surface area contributed by atoms with Crippen molar-refractivity contribution in [2.24, 2.45) is 0 Å². The monoisotopic (exact) mass is 347 g/mol. The highest BCUT2D eigenvalue weighted by atomic mass is 35.5. The van der Waals surface area contributed by atoms with Crippen molar-refractivity contribution in [3.05, 3.63) is 28.3 Å². The molecule has 0 saturated heterocycles. The van der Waals surface area contributed by atoms with Gasteiger partial charge in [-0.2, -0.15) is 10.5 Å². The van der Waals surface area contributed by atoms with Gasteiger partial charge >= 0.3 is 0 Å². The Labute approximate surface area is 146 Å². The molecule has 0 radical (unpaired) electrons. The minimum Gasteiger partial charge on any atom is -0.490 e. The lowest BCUT2D eigenvalue weighted by Gasteiger charge is -2.13. The fourth-order valence-corrected chi connectivity index (χ4v) is 2.11. The molecule has 1 aromatic rings. The van der Waals surface area contributed by atoms with Gasteiger partial charge in [0.25, 0.3) is 5.91 Å². The van der Waals surface area contributed by atoms with Gasteiger partial charge in [-0.15, -0.1) is 0 Å². The molecule has 1 aromatic carbocycles. The predicted octanol–water partition coefficient (Wildman–Crippen LogP) is 3.07. The Bertz CT molecular complexity index is 715. The first kappa shape index (κ1) is 19.3. The van der Waals surface area contributed by atoms with E-state index >= 15 is 0 Å². The molecular formula is C17H18ClN3O3. The van der Waals surface area contributed by atoms with Crippen LogP contribution in [0.2, 0.25) is 5.02 Å². The Morgan fingerprint density at radius 2 is 2.08 bits per heavy atom. The molecule has 0 fully saturated rings. The zero-order chi connectivity index (χ0) is 18.1. The number of nitriles is 2. The van der Waals surface area contributed by atoms with Crippen LogP contribution in [0.15, 0.2) is 17.7 Å². The van der Waals surface area contributed by atoms with Crippen molar-refractivity contribution in [1.82, 2.24) is 5.32 Å². The van der Waals surface area contributed by atoms with E-state index in [1.54, 1.807) is 26.8 Å².